The minimum Gasteiger partial charge on any atom is -0.315 e. The fourth-order valence-electron chi connectivity index (χ4n) is 1.74. The molecule has 0 saturated heterocycles. The third kappa shape index (κ3) is 11.0. The van der Waals surface area contributed by atoms with Crippen molar-refractivity contribution in [1.29, 1.82) is 0 Å². The summed E-state index contributed by atoms with van der Waals surface area (Å²) in [7, 11) is -3.09. The normalized spacial score (nSPS) is 14.1. The van der Waals surface area contributed by atoms with E-state index in [1.165, 1.54) is 0 Å². The summed E-state index contributed by atoms with van der Waals surface area (Å²) in [4.78, 5) is 0. The number of sulfonamides is 1. The van der Waals surface area contributed by atoms with Gasteiger partial charge in [0.15, 0.2) is 0 Å². The minimum atomic E-state index is -3.09. The van der Waals surface area contributed by atoms with Gasteiger partial charge in [0.1, 0.15) is 0 Å². The van der Waals surface area contributed by atoms with Gasteiger partial charge in [-0.2, -0.15) is 0 Å². The predicted molar refractivity (Wildman–Crippen MR) is 78.3 cm³/mol. The van der Waals surface area contributed by atoms with Crippen LogP contribution in [-0.4, -0.2) is 32.8 Å². The highest BCUT2D eigenvalue weighted by Crippen LogP contribution is 2.02. The molecule has 0 saturated carbocycles. The molecule has 0 heterocycles. The van der Waals surface area contributed by atoms with Crippen LogP contribution in [0.2, 0.25) is 0 Å². The zero-order valence-electron chi connectivity index (χ0n) is 12.3. The van der Waals surface area contributed by atoms with E-state index in [9.17, 15) is 8.42 Å². The summed E-state index contributed by atoms with van der Waals surface area (Å²) in [5.41, 5.74) is 0. The highest BCUT2D eigenvalue weighted by atomic mass is 32.2. The number of nitrogens with one attached hydrogen (secondary N) is 2. The number of hydrogen-bond acceptors (Lipinski definition) is 3. The molecule has 0 aromatic carbocycles. The molecule has 0 aliphatic carbocycles. The maximum Gasteiger partial charge on any atom is 0.211 e. The first-order valence-electron chi connectivity index (χ1n) is 7.10. The molecule has 0 bridgehead atoms. The largest absolute Gasteiger partial charge is 0.315 e. The molecule has 5 heteroatoms. The van der Waals surface area contributed by atoms with Gasteiger partial charge in [0.2, 0.25) is 10.0 Å². The van der Waals surface area contributed by atoms with Gasteiger partial charge >= 0.3 is 0 Å². The van der Waals surface area contributed by atoms with Crippen molar-refractivity contribution in [2.75, 3.05) is 12.3 Å². The van der Waals surface area contributed by atoms with Crippen molar-refractivity contribution in [1.82, 2.24) is 10.0 Å². The fourth-order valence-corrected chi connectivity index (χ4v) is 3.18. The van der Waals surface area contributed by atoms with Crippen LogP contribution in [0.1, 0.15) is 59.8 Å². The topological polar surface area (TPSA) is 58.2 Å². The predicted octanol–water partition coefficient (Wildman–Crippen LogP) is 2.26. The molecule has 0 radical (unpaired) electrons. The quantitative estimate of drug-likeness (QED) is 0.570. The lowest BCUT2D eigenvalue weighted by Gasteiger charge is -2.14. The Bertz CT molecular complexity index is 289. The molecule has 18 heavy (non-hydrogen) atoms. The van der Waals surface area contributed by atoms with Gasteiger partial charge < -0.3 is 5.32 Å². The van der Waals surface area contributed by atoms with E-state index >= 15 is 0 Å². The van der Waals surface area contributed by atoms with Crippen molar-refractivity contribution in [2.45, 2.75) is 71.9 Å². The van der Waals surface area contributed by atoms with Crippen molar-refractivity contribution in [3.8, 4) is 0 Å². The summed E-state index contributed by atoms with van der Waals surface area (Å²) in [5, 5.41) is 3.29. The van der Waals surface area contributed by atoms with Gasteiger partial charge in [0, 0.05) is 12.1 Å². The summed E-state index contributed by atoms with van der Waals surface area (Å²) in [6.45, 7) is 9.12. The molecule has 0 aliphatic rings. The van der Waals surface area contributed by atoms with Crippen LogP contribution in [0.5, 0.6) is 0 Å². The van der Waals surface area contributed by atoms with E-state index in [0.29, 0.717) is 6.04 Å². The van der Waals surface area contributed by atoms with Crippen molar-refractivity contribution in [3.63, 3.8) is 0 Å². The third-order valence-electron chi connectivity index (χ3n) is 2.76. The van der Waals surface area contributed by atoms with Crippen LogP contribution < -0.4 is 10.0 Å². The average Bonchev–Trinajstić information content (AvgIpc) is 2.24. The summed E-state index contributed by atoms with van der Waals surface area (Å²) >= 11 is 0. The van der Waals surface area contributed by atoms with Gasteiger partial charge in [-0.1, -0.05) is 33.6 Å². The maximum absolute atomic E-state index is 11.8. The Kier molecular flexibility index (Phi) is 9.68. The molecule has 0 rings (SSSR count). The van der Waals surface area contributed by atoms with Gasteiger partial charge in [-0.3, -0.25) is 0 Å². The second-order valence-corrected chi connectivity index (χ2v) is 7.17. The van der Waals surface area contributed by atoms with E-state index in [1.54, 1.807) is 0 Å². The highest BCUT2D eigenvalue weighted by Gasteiger charge is 2.13. The van der Waals surface area contributed by atoms with Gasteiger partial charge in [-0.15, -0.1) is 0 Å². The molecular formula is C13H30N2O2S. The summed E-state index contributed by atoms with van der Waals surface area (Å²) < 4.78 is 26.3. The van der Waals surface area contributed by atoms with Crippen LogP contribution in [-0.2, 0) is 10.0 Å². The zero-order valence-corrected chi connectivity index (χ0v) is 13.1. The maximum atomic E-state index is 11.8. The Morgan fingerprint density at radius 3 is 2.28 bits per heavy atom. The monoisotopic (exact) mass is 278 g/mol. The van der Waals surface area contributed by atoms with Crippen LogP contribution in [0.25, 0.3) is 0 Å². The lowest BCUT2D eigenvalue weighted by Crippen LogP contribution is -2.34. The molecule has 4 nitrogen and oxygen atoms in total. The first-order chi connectivity index (χ1) is 8.37. The first-order valence-corrected chi connectivity index (χ1v) is 8.76. The highest BCUT2D eigenvalue weighted by molar-refractivity contribution is 7.89. The fraction of sp³-hybridized carbons (Fsp3) is 1.00. The van der Waals surface area contributed by atoms with E-state index in [2.05, 4.69) is 30.8 Å². The van der Waals surface area contributed by atoms with Crippen LogP contribution in [0.3, 0.4) is 0 Å². The average molecular weight is 278 g/mol. The Labute approximate surface area is 113 Å². The molecule has 2 N–H and O–H groups in total. The van der Waals surface area contributed by atoms with Crippen LogP contribution in [0.4, 0.5) is 0 Å². The lowest BCUT2D eigenvalue weighted by molar-refractivity contribution is 0.528. The van der Waals surface area contributed by atoms with E-state index < -0.39 is 10.0 Å². The molecule has 0 fully saturated rings. The van der Waals surface area contributed by atoms with E-state index in [1.807, 2.05) is 6.92 Å². The molecule has 110 valence electrons. The van der Waals surface area contributed by atoms with Gasteiger partial charge in [0.25, 0.3) is 0 Å². The van der Waals surface area contributed by atoms with Crippen molar-refractivity contribution in [2.24, 2.45) is 0 Å². The standard InChI is InChI=1S/C13H30N2O2S/c1-5-6-9-13(4)15-18(16,17)11-8-7-10-14-12(2)3/h12-15H,5-11H2,1-4H3. The van der Waals surface area contributed by atoms with Crippen LogP contribution in [0.15, 0.2) is 0 Å². The zero-order chi connectivity index (χ0) is 14.0. The van der Waals surface area contributed by atoms with Gasteiger partial charge in [-0.25, -0.2) is 13.1 Å². The van der Waals surface area contributed by atoms with Crippen LogP contribution in [0, 0.1) is 0 Å². The van der Waals surface area contributed by atoms with Crippen molar-refractivity contribution >= 4 is 10.0 Å². The van der Waals surface area contributed by atoms with E-state index in [4.69, 9.17) is 0 Å². The second kappa shape index (κ2) is 9.75. The first kappa shape index (κ1) is 17.9. The van der Waals surface area contributed by atoms with E-state index in [0.717, 1.165) is 38.6 Å². The summed E-state index contributed by atoms with van der Waals surface area (Å²) in [5.74, 6) is 0.239. The number of rotatable bonds is 11. The molecule has 1 unspecified atom stereocenters. The molecule has 0 aromatic heterocycles. The van der Waals surface area contributed by atoms with Gasteiger partial charge in [-0.05, 0) is 32.7 Å². The molecule has 0 aromatic rings. The Morgan fingerprint density at radius 2 is 1.72 bits per heavy atom. The SMILES string of the molecule is CCCCC(C)NS(=O)(=O)CCCCNC(C)C. The number of hydrogen-bond donors (Lipinski definition) is 2. The Balaban J connectivity index is 3.73. The Morgan fingerprint density at radius 1 is 1.06 bits per heavy atom. The Hall–Kier alpha value is -0.130. The van der Waals surface area contributed by atoms with Crippen LogP contribution >= 0.6 is 0 Å². The molecule has 0 spiro atoms. The van der Waals surface area contributed by atoms with Crippen molar-refractivity contribution in [3.05, 3.63) is 0 Å². The second-order valence-electron chi connectivity index (χ2n) is 5.30. The molecule has 0 aliphatic heterocycles. The summed E-state index contributed by atoms with van der Waals surface area (Å²) in [6.07, 6.45) is 4.72. The third-order valence-corrected chi connectivity index (χ3v) is 4.35. The molecule has 0 amide bonds. The lowest BCUT2D eigenvalue weighted by atomic mass is 10.2. The molecular weight excluding hydrogens is 248 g/mol. The summed E-state index contributed by atoms with van der Waals surface area (Å²) in [6, 6.07) is 0.525. The smallest absolute Gasteiger partial charge is 0.211 e. The molecule has 1 atom stereocenters. The van der Waals surface area contributed by atoms with Gasteiger partial charge in [0.05, 0.1) is 5.75 Å². The minimum absolute atomic E-state index is 0.0590. The number of unbranched alkanes of at least 4 members (excludes halogenated alkanes) is 2. The van der Waals surface area contributed by atoms with E-state index in [-0.39, 0.29) is 11.8 Å². The van der Waals surface area contributed by atoms with Crippen molar-refractivity contribution < 1.29 is 8.42 Å².